The molecule has 0 bridgehead atoms. The maximum Gasteiger partial charge on any atom is 0.324 e. The SMILES string of the molecule is OP(O)O.[Ca].[Na]. The minimum Gasteiger partial charge on any atom is -0.328 e. The van der Waals surface area contributed by atoms with Gasteiger partial charge in [0, 0.05) is 67.3 Å². The van der Waals surface area contributed by atoms with Crippen molar-refractivity contribution in [1.82, 2.24) is 0 Å². The minimum atomic E-state index is -2.62. The monoisotopic (exact) mass is 145 g/mol. The Morgan fingerprint density at radius 3 is 1.00 bits per heavy atom. The van der Waals surface area contributed by atoms with Crippen molar-refractivity contribution in [3.8, 4) is 0 Å². The molecular formula is H3CaNaO3P. The first-order valence-corrected chi connectivity index (χ1v) is 1.80. The zero-order valence-corrected chi connectivity index (χ0v) is 8.60. The van der Waals surface area contributed by atoms with E-state index in [0.29, 0.717) is 0 Å². The number of rotatable bonds is 0. The first kappa shape index (κ1) is 15.8. The van der Waals surface area contributed by atoms with Gasteiger partial charge < -0.3 is 14.7 Å². The first-order chi connectivity index (χ1) is 1.73. The van der Waals surface area contributed by atoms with Gasteiger partial charge in [0.05, 0.1) is 0 Å². The predicted molar refractivity (Wildman–Crippen MR) is 25.1 cm³/mol. The molecule has 3 radical (unpaired) electrons. The fourth-order valence-corrected chi connectivity index (χ4v) is 0. The summed E-state index contributed by atoms with van der Waals surface area (Å²) in [5.74, 6) is 0. The summed E-state index contributed by atoms with van der Waals surface area (Å²) in [6.07, 6.45) is 0. The Morgan fingerprint density at radius 1 is 1.00 bits per heavy atom. The molecule has 0 unspecified atom stereocenters. The zero-order valence-electron chi connectivity index (χ0n) is 3.50. The summed E-state index contributed by atoms with van der Waals surface area (Å²) in [7, 11) is -2.62. The van der Waals surface area contributed by atoms with Gasteiger partial charge in [-0.2, -0.15) is 0 Å². The van der Waals surface area contributed by atoms with Crippen LogP contribution in [-0.2, 0) is 0 Å². The van der Waals surface area contributed by atoms with E-state index in [0.717, 1.165) is 0 Å². The van der Waals surface area contributed by atoms with E-state index in [1.54, 1.807) is 0 Å². The molecule has 29 valence electrons. The van der Waals surface area contributed by atoms with Crippen molar-refractivity contribution in [2.24, 2.45) is 0 Å². The molecule has 0 saturated heterocycles. The molecule has 0 amide bonds. The maximum atomic E-state index is 7.23. The molecule has 0 spiro atoms. The molecule has 0 aromatic rings. The first-order valence-electron chi connectivity index (χ1n) is 0.600. The van der Waals surface area contributed by atoms with Gasteiger partial charge in [-0.1, -0.05) is 0 Å². The van der Waals surface area contributed by atoms with E-state index in [9.17, 15) is 0 Å². The van der Waals surface area contributed by atoms with Gasteiger partial charge in [0.2, 0.25) is 0 Å². The largest absolute Gasteiger partial charge is 0.328 e. The van der Waals surface area contributed by atoms with Crippen LogP contribution < -0.4 is 0 Å². The number of hydrogen-bond donors (Lipinski definition) is 3. The van der Waals surface area contributed by atoms with Gasteiger partial charge in [0.15, 0.2) is 0 Å². The average Bonchev–Trinajstić information content (AvgIpc) is 0.811. The Labute approximate surface area is 89.0 Å². The van der Waals surface area contributed by atoms with Crippen LogP contribution in [0.15, 0.2) is 0 Å². The van der Waals surface area contributed by atoms with E-state index in [1.807, 2.05) is 0 Å². The van der Waals surface area contributed by atoms with Gasteiger partial charge in [-0.3, -0.25) is 0 Å². The molecule has 6 heteroatoms. The van der Waals surface area contributed by atoms with Crippen LogP contribution in [0.5, 0.6) is 0 Å². The van der Waals surface area contributed by atoms with Crippen LogP contribution in [0.3, 0.4) is 0 Å². The molecule has 0 fully saturated rings. The Balaban J connectivity index is -0.0000000450. The topological polar surface area (TPSA) is 60.7 Å². The quantitative estimate of drug-likeness (QED) is 0.285. The Hall–Kier alpha value is 2.57. The summed E-state index contributed by atoms with van der Waals surface area (Å²) in [6.45, 7) is 0. The molecule has 0 aliphatic heterocycles. The van der Waals surface area contributed by atoms with E-state index >= 15 is 0 Å². The second-order valence-corrected chi connectivity index (χ2v) is 0.805. The van der Waals surface area contributed by atoms with E-state index in [-0.39, 0.29) is 67.3 Å². The van der Waals surface area contributed by atoms with E-state index in [1.165, 1.54) is 0 Å². The van der Waals surface area contributed by atoms with Crippen LogP contribution >= 0.6 is 8.60 Å². The van der Waals surface area contributed by atoms with Crippen LogP contribution in [-0.4, -0.2) is 82.0 Å². The second-order valence-electron chi connectivity index (χ2n) is 0.268. The zero-order chi connectivity index (χ0) is 3.58. The van der Waals surface area contributed by atoms with Gasteiger partial charge >= 0.3 is 8.60 Å². The molecular weight excluding hydrogens is 142 g/mol. The van der Waals surface area contributed by atoms with Crippen molar-refractivity contribution < 1.29 is 14.7 Å². The summed E-state index contributed by atoms with van der Waals surface area (Å²) >= 11 is 0. The summed E-state index contributed by atoms with van der Waals surface area (Å²) in [4.78, 5) is 21.7. The molecule has 0 saturated carbocycles. The standard InChI is InChI=1S/Ca.Na.H3O3P/c;;1-4(2)3/h;;1-3H. The third-order valence-corrected chi connectivity index (χ3v) is 0. The fourth-order valence-electron chi connectivity index (χ4n) is 0. The smallest absolute Gasteiger partial charge is 0.324 e. The van der Waals surface area contributed by atoms with Crippen LogP contribution in [0.25, 0.3) is 0 Å². The van der Waals surface area contributed by atoms with Gasteiger partial charge in [-0.05, 0) is 0 Å². The van der Waals surface area contributed by atoms with Crippen LogP contribution in [0.1, 0.15) is 0 Å². The molecule has 6 heavy (non-hydrogen) atoms. The second kappa shape index (κ2) is 10.5. The minimum absolute atomic E-state index is 0. The summed E-state index contributed by atoms with van der Waals surface area (Å²) in [6, 6.07) is 0. The molecule has 0 aromatic carbocycles. The molecule has 3 nitrogen and oxygen atoms in total. The maximum absolute atomic E-state index is 7.23. The normalized spacial score (nSPS) is 6.00. The van der Waals surface area contributed by atoms with Gasteiger partial charge in [0.1, 0.15) is 0 Å². The molecule has 0 aromatic heterocycles. The molecule has 0 aliphatic carbocycles. The molecule has 0 aliphatic rings. The van der Waals surface area contributed by atoms with Gasteiger partial charge in [-0.15, -0.1) is 0 Å². The van der Waals surface area contributed by atoms with Gasteiger partial charge in [-0.25, -0.2) is 0 Å². The Kier molecular flexibility index (Phi) is 27.8. The average molecular weight is 145 g/mol. The van der Waals surface area contributed by atoms with E-state index in [4.69, 9.17) is 14.7 Å². The van der Waals surface area contributed by atoms with Gasteiger partial charge in [0.25, 0.3) is 0 Å². The van der Waals surface area contributed by atoms with E-state index in [2.05, 4.69) is 0 Å². The predicted octanol–water partition coefficient (Wildman–Crippen LogP) is -1.57. The van der Waals surface area contributed by atoms with Crippen molar-refractivity contribution in [3.05, 3.63) is 0 Å². The third-order valence-electron chi connectivity index (χ3n) is 0. The van der Waals surface area contributed by atoms with Crippen LogP contribution in [0.2, 0.25) is 0 Å². The van der Waals surface area contributed by atoms with Crippen molar-refractivity contribution in [3.63, 3.8) is 0 Å². The summed E-state index contributed by atoms with van der Waals surface area (Å²) in [5.41, 5.74) is 0. The van der Waals surface area contributed by atoms with Crippen molar-refractivity contribution in [2.75, 3.05) is 0 Å². The van der Waals surface area contributed by atoms with Crippen molar-refractivity contribution in [1.29, 1.82) is 0 Å². The van der Waals surface area contributed by atoms with Crippen molar-refractivity contribution >= 4 is 75.9 Å². The van der Waals surface area contributed by atoms with Crippen molar-refractivity contribution in [2.45, 2.75) is 0 Å². The molecule has 0 heterocycles. The van der Waals surface area contributed by atoms with Crippen LogP contribution in [0, 0.1) is 0 Å². The summed E-state index contributed by atoms with van der Waals surface area (Å²) < 4.78 is 0. The summed E-state index contributed by atoms with van der Waals surface area (Å²) in [5, 5.41) is 0. The Bertz CT molecular complexity index is 15.5. The van der Waals surface area contributed by atoms with E-state index < -0.39 is 8.60 Å². The molecule has 0 atom stereocenters. The Morgan fingerprint density at radius 2 is 1.00 bits per heavy atom. The van der Waals surface area contributed by atoms with Crippen LogP contribution in [0.4, 0.5) is 0 Å². The third kappa shape index (κ3) is 30.9. The number of hydrogen-bond acceptors (Lipinski definition) is 3. The molecule has 3 N–H and O–H groups in total. The molecule has 0 rings (SSSR count). The fraction of sp³-hybridized carbons (Fsp3) is 0.